The summed E-state index contributed by atoms with van der Waals surface area (Å²) in [6, 6.07) is 12.1. The van der Waals surface area contributed by atoms with Crippen molar-refractivity contribution < 1.29 is 0 Å². The Morgan fingerprint density at radius 3 is 2.56 bits per heavy atom. The second-order valence-corrected chi connectivity index (χ2v) is 10.3. The van der Waals surface area contributed by atoms with Gasteiger partial charge in [-0.05, 0) is 67.3 Å². The van der Waals surface area contributed by atoms with Gasteiger partial charge in [0.2, 0.25) is 5.95 Å². The molecular weight excluding hydrogens is 424 g/mol. The number of aromatic nitrogens is 3. The molecule has 1 saturated heterocycles. The molecule has 3 unspecified atom stereocenters. The van der Waals surface area contributed by atoms with Gasteiger partial charge in [0.05, 0.1) is 0 Å². The lowest BCUT2D eigenvalue weighted by atomic mass is 9.74. The highest BCUT2D eigenvalue weighted by molar-refractivity contribution is 5.76. The molecule has 3 aromatic rings. The van der Waals surface area contributed by atoms with Crippen LogP contribution in [0.4, 0.5) is 17.3 Å². The molecule has 7 nitrogen and oxygen atoms in total. The average Bonchev–Trinajstić information content (AvgIpc) is 2.85. The number of fused-ring (bicyclic) bond motifs is 1. The maximum atomic E-state index is 13.1. The summed E-state index contributed by atoms with van der Waals surface area (Å²) in [5, 5.41) is 7.64. The molecule has 0 radical (unpaired) electrons. The van der Waals surface area contributed by atoms with E-state index in [2.05, 4.69) is 65.6 Å². The first-order valence-electron chi connectivity index (χ1n) is 12.7. The van der Waals surface area contributed by atoms with Crippen molar-refractivity contribution in [3.63, 3.8) is 0 Å². The number of pyridine rings is 1. The Morgan fingerprint density at radius 1 is 1.06 bits per heavy atom. The number of anilines is 3. The standard InChI is InChI=1S/C27H36N6O/c1-18(2)20-5-4-19(3)24(16-20)33-25(34)11-6-21-17-29-27(31-26(21)33)30-22-7-9-23(10-8-22)32-14-12-28-13-15-32/h6-11,17-20,24,28H,4-5,12-16H2,1-3H3,(H,29,30,31). The van der Waals surface area contributed by atoms with E-state index in [0.29, 0.717) is 23.7 Å². The number of piperazine rings is 1. The van der Waals surface area contributed by atoms with Crippen molar-refractivity contribution in [3.05, 3.63) is 52.9 Å². The van der Waals surface area contributed by atoms with Gasteiger partial charge in [-0.25, -0.2) is 4.98 Å². The summed E-state index contributed by atoms with van der Waals surface area (Å²) in [7, 11) is 0. The van der Waals surface area contributed by atoms with Gasteiger partial charge in [-0.15, -0.1) is 0 Å². The normalized spacial score (nSPS) is 23.4. The molecule has 0 amide bonds. The summed E-state index contributed by atoms with van der Waals surface area (Å²) in [6.07, 6.45) is 5.23. The van der Waals surface area contributed by atoms with Crippen LogP contribution < -0.4 is 21.1 Å². The van der Waals surface area contributed by atoms with Crippen molar-refractivity contribution in [3.8, 4) is 0 Å². The van der Waals surface area contributed by atoms with Gasteiger partial charge in [-0.1, -0.05) is 20.8 Å². The fraction of sp³-hybridized carbons (Fsp3) is 0.519. The highest BCUT2D eigenvalue weighted by atomic mass is 16.1. The summed E-state index contributed by atoms with van der Waals surface area (Å²) >= 11 is 0. The zero-order chi connectivity index (χ0) is 23.7. The monoisotopic (exact) mass is 460 g/mol. The van der Waals surface area contributed by atoms with E-state index in [-0.39, 0.29) is 11.6 Å². The van der Waals surface area contributed by atoms with Crippen LogP contribution in [0.5, 0.6) is 0 Å². The van der Waals surface area contributed by atoms with Crippen LogP contribution in [0.3, 0.4) is 0 Å². The lowest BCUT2D eigenvalue weighted by Gasteiger charge is -2.37. The van der Waals surface area contributed by atoms with Gasteiger partial charge in [0.25, 0.3) is 5.56 Å². The first kappa shape index (κ1) is 22.8. The number of hydrogen-bond donors (Lipinski definition) is 2. The van der Waals surface area contributed by atoms with Crippen LogP contribution in [0, 0.1) is 17.8 Å². The number of benzene rings is 1. The van der Waals surface area contributed by atoms with Gasteiger partial charge in [0.15, 0.2) is 0 Å². The van der Waals surface area contributed by atoms with E-state index in [4.69, 9.17) is 4.98 Å². The molecule has 2 aliphatic rings. The third-order valence-corrected chi connectivity index (χ3v) is 7.74. The minimum Gasteiger partial charge on any atom is -0.369 e. The quantitative estimate of drug-likeness (QED) is 0.581. The molecule has 3 atom stereocenters. The van der Waals surface area contributed by atoms with Gasteiger partial charge in [0, 0.05) is 61.2 Å². The molecule has 180 valence electrons. The maximum absolute atomic E-state index is 13.1. The van der Waals surface area contributed by atoms with Crippen molar-refractivity contribution in [2.75, 3.05) is 36.4 Å². The van der Waals surface area contributed by atoms with E-state index in [1.54, 1.807) is 6.07 Å². The molecule has 1 aliphatic carbocycles. The third kappa shape index (κ3) is 4.67. The van der Waals surface area contributed by atoms with Crippen molar-refractivity contribution in [2.45, 2.75) is 46.1 Å². The molecule has 0 bridgehead atoms. The molecule has 5 rings (SSSR count). The zero-order valence-electron chi connectivity index (χ0n) is 20.5. The fourth-order valence-corrected chi connectivity index (χ4v) is 5.52. The topological polar surface area (TPSA) is 75.1 Å². The van der Waals surface area contributed by atoms with Crippen molar-refractivity contribution >= 4 is 28.4 Å². The molecular formula is C27H36N6O. The van der Waals surface area contributed by atoms with Crippen LogP contribution in [0.25, 0.3) is 11.0 Å². The van der Waals surface area contributed by atoms with Gasteiger partial charge in [-0.3, -0.25) is 9.36 Å². The predicted molar refractivity (Wildman–Crippen MR) is 139 cm³/mol. The van der Waals surface area contributed by atoms with E-state index in [1.807, 2.05) is 16.8 Å². The Balaban J connectivity index is 1.43. The number of nitrogens with one attached hydrogen (secondary N) is 2. The molecule has 34 heavy (non-hydrogen) atoms. The lowest BCUT2D eigenvalue weighted by Crippen LogP contribution is -2.43. The summed E-state index contributed by atoms with van der Waals surface area (Å²) < 4.78 is 1.94. The van der Waals surface area contributed by atoms with Gasteiger partial charge >= 0.3 is 0 Å². The van der Waals surface area contributed by atoms with Crippen molar-refractivity contribution in [1.29, 1.82) is 0 Å². The van der Waals surface area contributed by atoms with Gasteiger partial charge in [-0.2, -0.15) is 4.98 Å². The summed E-state index contributed by atoms with van der Waals surface area (Å²) in [6.45, 7) is 10.9. The smallest absolute Gasteiger partial charge is 0.252 e. The SMILES string of the molecule is CC(C)C1CCC(C)C(n2c(=O)ccc3cnc(Nc4ccc(N5CCNCC5)cc4)nc32)C1. The zero-order valence-corrected chi connectivity index (χ0v) is 20.5. The Labute approximate surface area is 201 Å². The summed E-state index contributed by atoms with van der Waals surface area (Å²) in [5.74, 6) is 2.22. The number of hydrogen-bond acceptors (Lipinski definition) is 6. The minimum absolute atomic E-state index is 0.0266. The lowest BCUT2D eigenvalue weighted by molar-refractivity contribution is 0.162. The molecule has 0 spiro atoms. The predicted octanol–water partition coefficient (Wildman–Crippen LogP) is 4.58. The Kier molecular flexibility index (Phi) is 6.55. The molecule has 2 aromatic heterocycles. The van der Waals surface area contributed by atoms with Crippen LogP contribution in [-0.2, 0) is 0 Å². The van der Waals surface area contributed by atoms with E-state index >= 15 is 0 Å². The number of nitrogens with zero attached hydrogens (tertiary/aromatic N) is 4. The fourth-order valence-electron chi connectivity index (χ4n) is 5.52. The average molecular weight is 461 g/mol. The first-order chi connectivity index (χ1) is 16.5. The third-order valence-electron chi connectivity index (χ3n) is 7.74. The summed E-state index contributed by atoms with van der Waals surface area (Å²) in [5.41, 5.74) is 2.92. The Hall–Kier alpha value is -2.93. The molecule has 2 N–H and O–H groups in total. The first-order valence-corrected chi connectivity index (χ1v) is 12.7. The van der Waals surface area contributed by atoms with Crippen LogP contribution >= 0.6 is 0 Å². The van der Waals surface area contributed by atoms with Crippen LogP contribution in [0.1, 0.15) is 46.1 Å². The van der Waals surface area contributed by atoms with Crippen LogP contribution in [0.15, 0.2) is 47.4 Å². The number of rotatable bonds is 5. The van der Waals surface area contributed by atoms with E-state index in [0.717, 1.165) is 55.7 Å². The highest BCUT2D eigenvalue weighted by Crippen LogP contribution is 2.40. The second kappa shape index (κ2) is 9.74. The van der Waals surface area contributed by atoms with E-state index in [1.165, 1.54) is 12.1 Å². The Morgan fingerprint density at radius 2 is 1.82 bits per heavy atom. The molecule has 7 heteroatoms. The maximum Gasteiger partial charge on any atom is 0.252 e. The molecule has 1 aromatic carbocycles. The van der Waals surface area contributed by atoms with E-state index in [9.17, 15) is 4.79 Å². The van der Waals surface area contributed by atoms with Crippen molar-refractivity contribution in [2.24, 2.45) is 17.8 Å². The molecule has 1 saturated carbocycles. The van der Waals surface area contributed by atoms with Crippen LogP contribution in [-0.4, -0.2) is 40.7 Å². The Bertz CT molecular complexity index is 1180. The van der Waals surface area contributed by atoms with Crippen LogP contribution in [0.2, 0.25) is 0 Å². The van der Waals surface area contributed by atoms with Gasteiger partial charge < -0.3 is 15.5 Å². The molecule has 3 heterocycles. The molecule has 1 aliphatic heterocycles. The summed E-state index contributed by atoms with van der Waals surface area (Å²) in [4.78, 5) is 24.9. The molecule has 2 fully saturated rings. The minimum atomic E-state index is 0.0266. The largest absolute Gasteiger partial charge is 0.369 e. The van der Waals surface area contributed by atoms with Gasteiger partial charge in [0.1, 0.15) is 5.65 Å². The van der Waals surface area contributed by atoms with E-state index < -0.39 is 0 Å². The second-order valence-electron chi connectivity index (χ2n) is 10.3. The van der Waals surface area contributed by atoms with Crippen molar-refractivity contribution in [1.82, 2.24) is 19.9 Å². The highest BCUT2D eigenvalue weighted by Gasteiger charge is 2.32.